The summed E-state index contributed by atoms with van der Waals surface area (Å²) >= 11 is 0. The largest absolute Gasteiger partial charge is 0.392 e. The second-order valence-corrected chi connectivity index (χ2v) is 9.55. The van der Waals surface area contributed by atoms with Gasteiger partial charge in [-0.1, -0.05) is 67.9 Å². The first-order valence-corrected chi connectivity index (χ1v) is 12.4. The summed E-state index contributed by atoms with van der Waals surface area (Å²) in [5, 5.41) is 16.8. The minimum Gasteiger partial charge on any atom is -0.392 e. The van der Waals surface area contributed by atoms with E-state index in [2.05, 4.69) is 15.4 Å². The number of amides is 1. The summed E-state index contributed by atoms with van der Waals surface area (Å²) < 4.78 is 5.60. The van der Waals surface area contributed by atoms with Crippen molar-refractivity contribution in [3.05, 3.63) is 41.6 Å². The summed E-state index contributed by atoms with van der Waals surface area (Å²) in [6, 6.07) is 10.5. The molecule has 1 heterocycles. The van der Waals surface area contributed by atoms with Crippen LogP contribution in [0.15, 0.2) is 34.9 Å². The normalized spacial score (nSPS) is 19.1. The Labute approximate surface area is 191 Å². The number of benzene rings is 1. The molecule has 1 amide bonds. The highest BCUT2D eigenvalue weighted by Crippen LogP contribution is 2.32. The first-order valence-electron chi connectivity index (χ1n) is 12.4. The van der Waals surface area contributed by atoms with Crippen molar-refractivity contribution in [2.45, 2.75) is 95.9 Å². The van der Waals surface area contributed by atoms with Gasteiger partial charge in [-0.25, -0.2) is 0 Å². The molecule has 1 aromatic carbocycles. The highest BCUT2D eigenvalue weighted by atomic mass is 16.5. The molecule has 6 nitrogen and oxygen atoms in total. The van der Waals surface area contributed by atoms with E-state index < -0.39 is 0 Å². The molecule has 0 radical (unpaired) electrons. The minimum absolute atomic E-state index is 0.0396. The standard InChI is InChI=1S/C26H37N3O3/c1-19(30)17-27-18-20-12-14-21(15-13-20)25-16-24(28-32-25)26(31)29(22-8-4-2-5-9-22)23-10-6-3-7-11-23/h12-16,19,22-23,27,30H,2-11,17-18H2,1H3. The number of carbonyl (C=O) groups excluding carboxylic acids is 1. The summed E-state index contributed by atoms with van der Waals surface area (Å²) in [5.74, 6) is 0.668. The van der Waals surface area contributed by atoms with Gasteiger partial charge in [0, 0.05) is 36.8 Å². The van der Waals surface area contributed by atoms with Gasteiger partial charge in [-0.2, -0.15) is 0 Å². The lowest BCUT2D eigenvalue weighted by Gasteiger charge is -2.41. The molecule has 2 aliphatic rings. The maximum absolute atomic E-state index is 13.6. The van der Waals surface area contributed by atoms with E-state index >= 15 is 0 Å². The molecule has 6 heteroatoms. The lowest BCUT2D eigenvalue weighted by Crippen LogP contribution is -2.48. The van der Waals surface area contributed by atoms with Gasteiger partial charge < -0.3 is 19.8 Å². The van der Waals surface area contributed by atoms with Crippen molar-refractivity contribution in [3.8, 4) is 11.3 Å². The molecule has 0 spiro atoms. The van der Waals surface area contributed by atoms with Gasteiger partial charge in [-0.15, -0.1) is 0 Å². The Balaban J connectivity index is 1.46. The Morgan fingerprint density at radius 2 is 1.66 bits per heavy atom. The minimum atomic E-state index is -0.360. The predicted molar refractivity (Wildman–Crippen MR) is 125 cm³/mol. The van der Waals surface area contributed by atoms with E-state index in [9.17, 15) is 9.90 Å². The number of aliphatic hydroxyl groups excluding tert-OH is 1. The van der Waals surface area contributed by atoms with Crippen molar-refractivity contribution in [2.75, 3.05) is 6.54 Å². The molecule has 2 saturated carbocycles. The third-order valence-electron chi connectivity index (χ3n) is 6.91. The fourth-order valence-electron chi connectivity index (χ4n) is 5.20. The zero-order valence-electron chi connectivity index (χ0n) is 19.3. The number of aromatic nitrogens is 1. The second-order valence-electron chi connectivity index (χ2n) is 9.55. The average Bonchev–Trinajstić information content (AvgIpc) is 3.31. The topological polar surface area (TPSA) is 78.6 Å². The number of aliphatic hydroxyl groups is 1. The number of nitrogens with one attached hydrogen (secondary N) is 1. The number of hydrogen-bond donors (Lipinski definition) is 2. The van der Waals surface area contributed by atoms with Crippen LogP contribution in [0.1, 0.15) is 87.2 Å². The smallest absolute Gasteiger partial charge is 0.276 e. The molecule has 0 aliphatic heterocycles. The van der Waals surface area contributed by atoms with E-state index in [0.717, 1.165) is 36.8 Å². The van der Waals surface area contributed by atoms with Crippen LogP contribution in [-0.2, 0) is 6.54 Å². The highest BCUT2D eigenvalue weighted by Gasteiger charge is 2.34. The van der Waals surface area contributed by atoms with Gasteiger partial charge in [-0.05, 0) is 38.2 Å². The van der Waals surface area contributed by atoms with Gasteiger partial charge in [0.25, 0.3) is 5.91 Å². The Hall–Kier alpha value is -2.18. The molecule has 0 saturated heterocycles. The molecular weight excluding hydrogens is 402 g/mol. The lowest BCUT2D eigenvalue weighted by molar-refractivity contribution is 0.0438. The maximum atomic E-state index is 13.6. The fourth-order valence-corrected chi connectivity index (χ4v) is 5.20. The second kappa shape index (κ2) is 11.1. The van der Waals surface area contributed by atoms with Gasteiger partial charge in [0.2, 0.25) is 0 Å². The monoisotopic (exact) mass is 439 g/mol. The number of carbonyl (C=O) groups is 1. The zero-order valence-corrected chi connectivity index (χ0v) is 19.3. The van der Waals surface area contributed by atoms with Gasteiger partial charge in [0.1, 0.15) is 0 Å². The molecule has 2 fully saturated rings. The van der Waals surface area contributed by atoms with E-state index in [1.165, 1.54) is 38.5 Å². The van der Waals surface area contributed by atoms with Crippen LogP contribution in [0.2, 0.25) is 0 Å². The van der Waals surface area contributed by atoms with Crippen LogP contribution in [0.4, 0.5) is 0 Å². The molecule has 2 aliphatic carbocycles. The van der Waals surface area contributed by atoms with E-state index in [1.54, 1.807) is 6.92 Å². The van der Waals surface area contributed by atoms with Crippen LogP contribution in [-0.4, -0.2) is 45.8 Å². The average molecular weight is 440 g/mol. The first kappa shape index (κ1) is 23.0. The maximum Gasteiger partial charge on any atom is 0.276 e. The lowest BCUT2D eigenvalue weighted by atomic mass is 9.88. The van der Waals surface area contributed by atoms with Crippen molar-refractivity contribution < 1.29 is 14.4 Å². The molecule has 1 unspecified atom stereocenters. The molecule has 4 rings (SSSR count). The van der Waals surface area contributed by atoms with Gasteiger partial charge in [0.15, 0.2) is 11.5 Å². The Morgan fingerprint density at radius 1 is 1.06 bits per heavy atom. The number of rotatable bonds is 8. The molecule has 174 valence electrons. The van der Waals surface area contributed by atoms with Crippen molar-refractivity contribution in [2.24, 2.45) is 0 Å². The van der Waals surface area contributed by atoms with Crippen LogP contribution in [0.5, 0.6) is 0 Å². The molecule has 1 atom stereocenters. The van der Waals surface area contributed by atoms with Crippen molar-refractivity contribution in [3.63, 3.8) is 0 Å². The van der Waals surface area contributed by atoms with E-state index in [-0.39, 0.29) is 12.0 Å². The van der Waals surface area contributed by atoms with Crippen molar-refractivity contribution in [1.29, 1.82) is 0 Å². The van der Waals surface area contributed by atoms with Crippen LogP contribution < -0.4 is 5.32 Å². The van der Waals surface area contributed by atoms with E-state index in [0.29, 0.717) is 36.6 Å². The van der Waals surface area contributed by atoms with Crippen LogP contribution >= 0.6 is 0 Å². The quantitative estimate of drug-likeness (QED) is 0.610. The summed E-state index contributed by atoms with van der Waals surface area (Å²) in [6.45, 7) is 3.03. The first-order chi connectivity index (χ1) is 15.6. The molecular formula is C26H37N3O3. The van der Waals surface area contributed by atoms with Crippen LogP contribution in [0.25, 0.3) is 11.3 Å². The molecule has 0 bridgehead atoms. The zero-order chi connectivity index (χ0) is 22.3. The summed E-state index contributed by atoms with van der Waals surface area (Å²) in [7, 11) is 0. The Morgan fingerprint density at radius 3 is 2.22 bits per heavy atom. The summed E-state index contributed by atoms with van der Waals surface area (Å²) in [6.07, 6.45) is 11.5. The molecule has 2 N–H and O–H groups in total. The summed E-state index contributed by atoms with van der Waals surface area (Å²) in [5.41, 5.74) is 2.47. The number of hydrogen-bond acceptors (Lipinski definition) is 5. The molecule has 32 heavy (non-hydrogen) atoms. The van der Waals surface area contributed by atoms with Crippen molar-refractivity contribution >= 4 is 5.91 Å². The summed E-state index contributed by atoms with van der Waals surface area (Å²) in [4.78, 5) is 15.8. The van der Waals surface area contributed by atoms with Gasteiger partial charge in [0.05, 0.1) is 6.10 Å². The van der Waals surface area contributed by atoms with Crippen molar-refractivity contribution in [1.82, 2.24) is 15.4 Å². The Kier molecular flexibility index (Phi) is 7.98. The van der Waals surface area contributed by atoms with Gasteiger partial charge >= 0.3 is 0 Å². The Bertz CT molecular complexity index is 831. The van der Waals surface area contributed by atoms with Crippen LogP contribution in [0, 0.1) is 0 Å². The van der Waals surface area contributed by atoms with E-state index in [1.807, 2.05) is 30.3 Å². The molecule has 2 aromatic rings. The van der Waals surface area contributed by atoms with Gasteiger partial charge in [-0.3, -0.25) is 4.79 Å². The van der Waals surface area contributed by atoms with Crippen LogP contribution in [0.3, 0.4) is 0 Å². The predicted octanol–water partition coefficient (Wildman–Crippen LogP) is 4.92. The third kappa shape index (κ3) is 5.78. The number of nitrogens with zero attached hydrogens (tertiary/aromatic N) is 2. The fraction of sp³-hybridized carbons (Fsp3) is 0.615. The van der Waals surface area contributed by atoms with E-state index in [4.69, 9.17) is 4.52 Å². The third-order valence-corrected chi connectivity index (χ3v) is 6.91. The molecule has 1 aromatic heterocycles. The SMILES string of the molecule is CC(O)CNCc1ccc(-c2cc(C(=O)N(C3CCCCC3)C3CCCCC3)no2)cc1. The highest BCUT2D eigenvalue weighted by molar-refractivity contribution is 5.93.